The van der Waals surface area contributed by atoms with Gasteiger partial charge in [-0.2, -0.15) is 0 Å². The lowest BCUT2D eigenvalue weighted by Crippen LogP contribution is -2.54. The van der Waals surface area contributed by atoms with Gasteiger partial charge in [0.05, 0.1) is 11.2 Å². The number of nitrogens with zero attached hydrogens (tertiary/aromatic N) is 2. The molecule has 3 heterocycles. The van der Waals surface area contributed by atoms with Gasteiger partial charge in [-0.3, -0.25) is 4.79 Å². The van der Waals surface area contributed by atoms with Crippen molar-refractivity contribution in [3.8, 4) is 0 Å². The number of hydrogen-bond acceptors (Lipinski definition) is 4. The van der Waals surface area contributed by atoms with E-state index in [0.717, 1.165) is 5.56 Å². The smallest absolute Gasteiger partial charge is 0.341 e. The summed E-state index contributed by atoms with van der Waals surface area (Å²) in [6.45, 7) is 7.47. The van der Waals surface area contributed by atoms with E-state index < -0.39 is 17.2 Å². The third-order valence-corrected chi connectivity index (χ3v) is 5.42. The highest BCUT2D eigenvalue weighted by Crippen LogP contribution is 2.40. The Morgan fingerprint density at radius 2 is 1.92 bits per heavy atom. The number of piperazine rings is 1. The van der Waals surface area contributed by atoms with E-state index in [2.05, 4.69) is 19.2 Å². The summed E-state index contributed by atoms with van der Waals surface area (Å²) in [5, 5.41) is 12.9. The molecule has 26 heavy (non-hydrogen) atoms. The summed E-state index contributed by atoms with van der Waals surface area (Å²) >= 11 is 0. The molecule has 2 aliphatic heterocycles. The van der Waals surface area contributed by atoms with Crippen molar-refractivity contribution in [2.75, 3.05) is 18.0 Å². The molecule has 0 spiro atoms. The Bertz CT molecular complexity index is 974. The van der Waals surface area contributed by atoms with Crippen LogP contribution < -0.4 is 15.6 Å². The maximum Gasteiger partial charge on any atom is 0.341 e. The number of rotatable bonds is 2. The first-order valence-corrected chi connectivity index (χ1v) is 8.92. The van der Waals surface area contributed by atoms with Crippen LogP contribution >= 0.6 is 0 Å². The summed E-state index contributed by atoms with van der Waals surface area (Å²) < 4.78 is 16.9. The second-order valence-corrected chi connectivity index (χ2v) is 7.59. The van der Waals surface area contributed by atoms with E-state index >= 15 is 4.39 Å². The Balaban J connectivity index is 1.99. The molecule has 2 aliphatic rings. The van der Waals surface area contributed by atoms with Crippen LogP contribution in [0.5, 0.6) is 0 Å². The van der Waals surface area contributed by atoms with Crippen LogP contribution in [0, 0.1) is 5.82 Å². The fraction of sp³-hybridized carbons (Fsp3) is 0.474. The second-order valence-electron chi connectivity index (χ2n) is 7.59. The SMILES string of the molecule is CC1CN(c2c(F)cc3c(=O)c(C(=O)O)cn4c3c2CC4C)CC(C)N1. The first-order chi connectivity index (χ1) is 12.3. The highest BCUT2D eigenvalue weighted by Gasteiger charge is 2.32. The zero-order chi connectivity index (χ0) is 18.7. The third-order valence-electron chi connectivity index (χ3n) is 5.42. The molecular weight excluding hydrogens is 337 g/mol. The van der Waals surface area contributed by atoms with Gasteiger partial charge < -0.3 is 19.9 Å². The van der Waals surface area contributed by atoms with E-state index in [1.165, 1.54) is 12.3 Å². The van der Waals surface area contributed by atoms with Crippen molar-refractivity contribution in [2.24, 2.45) is 0 Å². The molecule has 4 rings (SSSR count). The normalized spacial score (nSPS) is 25.1. The van der Waals surface area contributed by atoms with Crippen LogP contribution in [0.1, 0.15) is 42.7 Å². The molecule has 1 saturated heterocycles. The van der Waals surface area contributed by atoms with Crippen molar-refractivity contribution >= 4 is 22.6 Å². The molecule has 7 heteroatoms. The molecule has 3 unspecified atom stereocenters. The van der Waals surface area contributed by atoms with E-state index in [9.17, 15) is 14.7 Å². The molecule has 0 radical (unpaired) electrons. The maximum absolute atomic E-state index is 15.1. The maximum atomic E-state index is 15.1. The minimum atomic E-state index is -1.28. The highest BCUT2D eigenvalue weighted by atomic mass is 19.1. The lowest BCUT2D eigenvalue weighted by molar-refractivity contribution is 0.0694. The number of carbonyl (C=O) groups is 1. The minimum Gasteiger partial charge on any atom is -0.477 e. The molecule has 1 fully saturated rings. The number of nitrogens with one attached hydrogen (secondary N) is 1. The number of hydrogen-bond donors (Lipinski definition) is 2. The van der Waals surface area contributed by atoms with Crippen molar-refractivity contribution in [1.29, 1.82) is 0 Å². The van der Waals surface area contributed by atoms with Gasteiger partial charge in [0, 0.05) is 48.4 Å². The summed E-state index contributed by atoms with van der Waals surface area (Å²) in [5.41, 5.74) is 1.10. The van der Waals surface area contributed by atoms with Crippen molar-refractivity contribution in [2.45, 2.75) is 45.3 Å². The molecule has 1 aromatic heterocycles. The molecule has 0 amide bonds. The second kappa shape index (κ2) is 5.81. The van der Waals surface area contributed by atoms with Gasteiger partial charge in [0.2, 0.25) is 5.43 Å². The van der Waals surface area contributed by atoms with Crippen LogP contribution in [0.4, 0.5) is 10.1 Å². The van der Waals surface area contributed by atoms with E-state index in [1.54, 1.807) is 0 Å². The average Bonchev–Trinajstić information content (AvgIpc) is 2.85. The highest BCUT2D eigenvalue weighted by molar-refractivity contribution is 5.96. The molecular formula is C19H22FN3O3. The van der Waals surface area contributed by atoms with E-state index in [1.807, 2.05) is 16.4 Å². The fourth-order valence-corrected chi connectivity index (χ4v) is 4.50. The molecule has 3 atom stereocenters. The van der Waals surface area contributed by atoms with E-state index in [-0.39, 0.29) is 29.1 Å². The van der Waals surface area contributed by atoms with Crippen LogP contribution in [-0.2, 0) is 6.42 Å². The Morgan fingerprint density at radius 3 is 2.54 bits per heavy atom. The fourth-order valence-electron chi connectivity index (χ4n) is 4.50. The standard InChI is InChI=1S/C19H22FN3O3/c1-9-6-22(7-10(2)21-9)17-12-4-11(3)23-8-14(19(25)26)18(24)13(16(12)23)5-15(17)20/h5,8-11,21H,4,6-7H2,1-3H3,(H,25,26). The molecule has 138 valence electrons. The summed E-state index contributed by atoms with van der Waals surface area (Å²) in [6, 6.07) is 1.66. The molecule has 2 N–H and O–H groups in total. The number of pyridine rings is 1. The van der Waals surface area contributed by atoms with Gasteiger partial charge in [0.1, 0.15) is 11.4 Å². The third kappa shape index (κ3) is 2.41. The molecule has 0 aliphatic carbocycles. The quantitative estimate of drug-likeness (QED) is 0.859. The monoisotopic (exact) mass is 359 g/mol. The lowest BCUT2D eigenvalue weighted by Gasteiger charge is -2.38. The van der Waals surface area contributed by atoms with Gasteiger partial charge in [-0.25, -0.2) is 9.18 Å². The van der Waals surface area contributed by atoms with Crippen molar-refractivity contribution in [3.63, 3.8) is 0 Å². The number of benzene rings is 1. The lowest BCUT2D eigenvalue weighted by atomic mass is 10.0. The first kappa shape index (κ1) is 17.0. The summed E-state index contributed by atoms with van der Waals surface area (Å²) in [7, 11) is 0. The predicted octanol–water partition coefficient (Wildman–Crippen LogP) is 2.14. The van der Waals surface area contributed by atoms with E-state index in [4.69, 9.17) is 0 Å². The van der Waals surface area contributed by atoms with Crippen LogP contribution in [-0.4, -0.2) is 40.8 Å². The molecule has 2 aromatic rings. The van der Waals surface area contributed by atoms with Gasteiger partial charge in [0.25, 0.3) is 0 Å². The topological polar surface area (TPSA) is 74.6 Å². The Labute approximate surface area is 150 Å². The van der Waals surface area contributed by atoms with Crippen LogP contribution in [0.3, 0.4) is 0 Å². The summed E-state index contributed by atoms with van der Waals surface area (Å²) in [6.07, 6.45) is 1.98. The van der Waals surface area contributed by atoms with E-state index in [0.29, 0.717) is 30.7 Å². The zero-order valence-corrected chi connectivity index (χ0v) is 15.0. The predicted molar refractivity (Wildman–Crippen MR) is 97.8 cm³/mol. The van der Waals surface area contributed by atoms with Gasteiger partial charge in [-0.05, 0) is 33.3 Å². The van der Waals surface area contributed by atoms with Crippen LogP contribution in [0.15, 0.2) is 17.1 Å². The summed E-state index contributed by atoms with van der Waals surface area (Å²) in [5.74, 6) is -1.73. The molecule has 0 saturated carbocycles. The molecule has 6 nitrogen and oxygen atoms in total. The first-order valence-electron chi connectivity index (χ1n) is 8.92. The van der Waals surface area contributed by atoms with Gasteiger partial charge in [-0.1, -0.05) is 0 Å². The number of aromatic carboxylic acids is 1. The number of carboxylic acid groups (broad SMARTS) is 1. The zero-order valence-electron chi connectivity index (χ0n) is 15.0. The Morgan fingerprint density at radius 1 is 1.27 bits per heavy atom. The molecule has 1 aromatic carbocycles. The van der Waals surface area contributed by atoms with Crippen LogP contribution in [0.25, 0.3) is 10.9 Å². The molecule has 0 bridgehead atoms. The van der Waals surface area contributed by atoms with Gasteiger partial charge in [0.15, 0.2) is 0 Å². The van der Waals surface area contributed by atoms with Crippen molar-refractivity contribution in [3.05, 3.63) is 39.4 Å². The largest absolute Gasteiger partial charge is 0.477 e. The van der Waals surface area contributed by atoms with Crippen molar-refractivity contribution in [1.82, 2.24) is 9.88 Å². The number of aromatic nitrogens is 1. The summed E-state index contributed by atoms with van der Waals surface area (Å²) in [4.78, 5) is 26.0. The van der Waals surface area contributed by atoms with Crippen molar-refractivity contribution < 1.29 is 14.3 Å². The number of carboxylic acids is 1. The van der Waals surface area contributed by atoms with Gasteiger partial charge in [-0.15, -0.1) is 0 Å². The number of anilines is 1. The Hall–Kier alpha value is -2.41. The number of halogens is 1. The average molecular weight is 359 g/mol. The van der Waals surface area contributed by atoms with Crippen LogP contribution in [0.2, 0.25) is 0 Å². The Kier molecular flexibility index (Phi) is 3.80. The minimum absolute atomic E-state index is 0.0236. The van der Waals surface area contributed by atoms with Gasteiger partial charge >= 0.3 is 5.97 Å².